The van der Waals surface area contributed by atoms with Crippen molar-refractivity contribution in [2.45, 2.75) is 13.5 Å². The maximum atomic E-state index is 11.6. The van der Waals surface area contributed by atoms with Crippen LogP contribution in [0.15, 0.2) is 28.8 Å². The van der Waals surface area contributed by atoms with Gasteiger partial charge in [0.15, 0.2) is 5.82 Å². The predicted octanol–water partition coefficient (Wildman–Crippen LogP) is 1.71. The number of aromatic nitrogens is 2. The summed E-state index contributed by atoms with van der Waals surface area (Å²) in [5.74, 6) is 1.56. The highest BCUT2D eigenvalue weighted by molar-refractivity contribution is 5.89. The summed E-state index contributed by atoms with van der Waals surface area (Å²) >= 11 is 0. The number of nitrogens with zero attached hydrogens (tertiary/aromatic N) is 2. The molecule has 0 saturated carbocycles. The minimum atomic E-state index is -0.357. The molecule has 0 atom stereocenters. The van der Waals surface area contributed by atoms with Gasteiger partial charge in [-0.25, -0.2) is 4.79 Å². The molecule has 7 nitrogen and oxygen atoms in total. The third-order valence-electron chi connectivity index (χ3n) is 2.30. The zero-order chi connectivity index (χ0) is 13.7. The highest BCUT2D eigenvalue weighted by Gasteiger charge is 2.06. The average molecular weight is 262 g/mol. The second-order valence-electron chi connectivity index (χ2n) is 3.77. The van der Waals surface area contributed by atoms with Crippen LogP contribution in [0.3, 0.4) is 0 Å². The van der Waals surface area contributed by atoms with Crippen molar-refractivity contribution in [2.75, 3.05) is 12.4 Å². The van der Waals surface area contributed by atoms with Gasteiger partial charge in [-0.15, -0.1) is 0 Å². The van der Waals surface area contributed by atoms with Crippen LogP contribution in [-0.4, -0.2) is 23.3 Å². The number of carbonyl (C=O) groups excluding carboxylic acids is 1. The first-order chi connectivity index (χ1) is 9.17. The maximum absolute atomic E-state index is 11.6. The molecule has 19 heavy (non-hydrogen) atoms. The smallest absolute Gasteiger partial charge is 0.319 e. The summed E-state index contributed by atoms with van der Waals surface area (Å²) in [6, 6.07) is 6.71. The van der Waals surface area contributed by atoms with Gasteiger partial charge in [-0.05, 0) is 19.1 Å². The second kappa shape index (κ2) is 5.85. The van der Waals surface area contributed by atoms with Gasteiger partial charge < -0.3 is 19.9 Å². The number of nitrogens with one attached hydrogen (secondary N) is 2. The van der Waals surface area contributed by atoms with E-state index in [0.717, 1.165) is 0 Å². The van der Waals surface area contributed by atoms with Crippen molar-refractivity contribution >= 4 is 11.7 Å². The molecule has 0 aliphatic rings. The Hall–Kier alpha value is -2.57. The fourth-order valence-corrected chi connectivity index (χ4v) is 1.44. The zero-order valence-electron chi connectivity index (χ0n) is 10.6. The van der Waals surface area contributed by atoms with E-state index in [1.54, 1.807) is 38.3 Å². The van der Waals surface area contributed by atoms with Crippen LogP contribution in [0, 0.1) is 6.92 Å². The molecule has 100 valence electrons. The lowest BCUT2D eigenvalue weighted by Crippen LogP contribution is -2.28. The minimum Gasteiger partial charge on any atom is -0.497 e. The Kier molecular flexibility index (Phi) is 3.97. The largest absolute Gasteiger partial charge is 0.497 e. The fourth-order valence-electron chi connectivity index (χ4n) is 1.44. The first kappa shape index (κ1) is 12.9. The number of hydrogen-bond acceptors (Lipinski definition) is 5. The number of anilines is 1. The van der Waals surface area contributed by atoms with Gasteiger partial charge in [0.2, 0.25) is 5.89 Å². The molecule has 2 aromatic rings. The van der Waals surface area contributed by atoms with Crippen LogP contribution in [0.1, 0.15) is 11.7 Å². The van der Waals surface area contributed by atoms with Gasteiger partial charge in [0, 0.05) is 11.8 Å². The Morgan fingerprint density at radius 2 is 2.32 bits per heavy atom. The van der Waals surface area contributed by atoms with E-state index >= 15 is 0 Å². The number of ether oxygens (including phenoxy) is 1. The lowest BCUT2D eigenvalue weighted by molar-refractivity contribution is 0.249. The SMILES string of the molecule is COc1cccc(NC(=O)NCc2nc(C)no2)c1. The van der Waals surface area contributed by atoms with E-state index < -0.39 is 0 Å². The van der Waals surface area contributed by atoms with Gasteiger partial charge in [-0.3, -0.25) is 0 Å². The van der Waals surface area contributed by atoms with Crippen molar-refractivity contribution in [1.82, 2.24) is 15.5 Å². The Labute approximate surface area is 110 Å². The lowest BCUT2D eigenvalue weighted by atomic mass is 10.3. The summed E-state index contributed by atoms with van der Waals surface area (Å²) in [7, 11) is 1.57. The number of urea groups is 1. The predicted molar refractivity (Wildman–Crippen MR) is 67.9 cm³/mol. The van der Waals surface area contributed by atoms with Gasteiger partial charge >= 0.3 is 6.03 Å². The molecule has 1 aromatic heterocycles. The number of hydrogen-bond donors (Lipinski definition) is 2. The fraction of sp³-hybridized carbons (Fsp3) is 0.250. The van der Waals surface area contributed by atoms with Crippen molar-refractivity contribution in [3.05, 3.63) is 36.0 Å². The number of benzene rings is 1. The molecule has 0 radical (unpaired) electrons. The van der Waals surface area contributed by atoms with E-state index in [9.17, 15) is 4.79 Å². The molecule has 1 aromatic carbocycles. The third-order valence-corrected chi connectivity index (χ3v) is 2.30. The normalized spacial score (nSPS) is 10.0. The van der Waals surface area contributed by atoms with Gasteiger partial charge in [0.1, 0.15) is 5.75 Å². The topological polar surface area (TPSA) is 89.3 Å². The number of aryl methyl sites for hydroxylation is 1. The van der Waals surface area contributed by atoms with Crippen LogP contribution in [0.5, 0.6) is 5.75 Å². The first-order valence-electron chi connectivity index (χ1n) is 5.65. The second-order valence-corrected chi connectivity index (χ2v) is 3.77. The molecule has 0 aliphatic carbocycles. The van der Waals surface area contributed by atoms with E-state index in [-0.39, 0.29) is 12.6 Å². The van der Waals surface area contributed by atoms with Gasteiger partial charge in [-0.2, -0.15) is 4.98 Å². The van der Waals surface area contributed by atoms with Crippen LogP contribution >= 0.6 is 0 Å². The average Bonchev–Trinajstić information content (AvgIpc) is 2.82. The molecule has 0 saturated heterocycles. The minimum absolute atomic E-state index is 0.177. The molecule has 2 amide bonds. The summed E-state index contributed by atoms with van der Waals surface area (Å²) in [6.07, 6.45) is 0. The highest BCUT2D eigenvalue weighted by Crippen LogP contribution is 2.16. The summed E-state index contributed by atoms with van der Waals surface area (Å²) in [5.41, 5.74) is 0.638. The lowest BCUT2D eigenvalue weighted by Gasteiger charge is -2.07. The van der Waals surface area contributed by atoms with Gasteiger partial charge in [-0.1, -0.05) is 11.2 Å². The molecular weight excluding hydrogens is 248 g/mol. The molecule has 0 unspecified atom stereocenters. The van der Waals surface area contributed by atoms with Crippen molar-refractivity contribution in [3.8, 4) is 5.75 Å². The maximum Gasteiger partial charge on any atom is 0.319 e. The standard InChI is InChI=1S/C12H14N4O3/c1-8-14-11(19-16-8)7-13-12(17)15-9-4-3-5-10(6-9)18-2/h3-6H,7H2,1-2H3,(H2,13,15,17). The van der Waals surface area contributed by atoms with Crippen molar-refractivity contribution < 1.29 is 14.1 Å². The molecule has 1 heterocycles. The molecule has 0 spiro atoms. The van der Waals surface area contributed by atoms with Crippen LogP contribution < -0.4 is 15.4 Å². The summed E-state index contributed by atoms with van der Waals surface area (Å²) in [6.45, 7) is 1.89. The first-order valence-corrected chi connectivity index (χ1v) is 5.65. The Bertz CT molecular complexity index is 568. The molecule has 7 heteroatoms. The number of rotatable bonds is 4. The Balaban J connectivity index is 1.86. The van der Waals surface area contributed by atoms with Crippen LogP contribution in [-0.2, 0) is 6.54 Å². The summed E-state index contributed by atoms with van der Waals surface area (Å²) in [5, 5.41) is 8.91. The van der Waals surface area contributed by atoms with Crippen molar-refractivity contribution in [3.63, 3.8) is 0 Å². The monoisotopic (exact) mass is 262 g/mol. The van der Waals surface area contributed by atoms with Crippen LogP contribution in [0.25, 0.3) is 0 Å². The zero-order valence-corrected chi connectivity index (χ0v) is 10.6. The molecule has 0 bridgehead atoms. The molecule has 2 N–H and O–H groups in total. The Morgan fingerprint density at radius 1 is 1.47 bits per heavy atom. The number of amides is 2. The molecule has 2 rings (SSSR count). The van der Waals surface area contributed by atoms with Gasteiger partial charge in [0.25, 0.3) is 0 Å². The van der Waals surface area contributed by atoms with Gasteiger partial charge in [0.05, 0.1) is 13.7 Å². The number of carbonyl (C=O) groups is 1. The van der Waals surface area contributed by atoms with E-state index in [0.29, 0.717) is 23.2 Å². The Morgan fingerprint density at radius 3 is 3.00 bits per heavy atom. The van der Waals surface area contributed by atoms with E-state index in [4.69, 9.17) is 9.26 Å². The van der Waals surface area contributed by atoms with Crippen molar-refractivity contribution in [1.29, 1.82) is 0 Å². The summed E-state index contributed by atoms with van der Waals surface area (Å²) < 4.78 is 9.94. The van der Waals surface area contributed by atoms with Crippen molar-refractivity contribution in [2.24, 2.45) is 0 Å². The molecular formula is C12H14N4O3. The molecule has 0 aliphatic heterocycles. The number of methoxy groups -OCH3 is 1. The van der Waals surface area contributed by atoms with E-state index in [1.165, 1.54) is 0 Å². The van der Waals surface area contributed by atoms with E-state index in [2.05, 4.69) is 20.8 Å². The van der Waals surface area contributed by atoms with E-state index in [1.807, 2.05) is 0 Å². The molecule has 0 fully saturated rings. The van der Waals surface area contributed by atoms with Crippen LogP contribution in [0.4, 0.5) is 10.5 Å². The highest BCUT2D eigenvalue weighted by atomic mass is 16.5. The van der Waals surface area contributed by atoms with Crippen LogP contribution in [0.2, 0.25) is 0 Å². The third kappa shape index (κ3) is 3.70. The summed E-state index contributed by atoms with van der Waals surface area (Å²) in [4.78, 5) is 15.6. The quantitative estimate of drug-likeness (QED) is 0.875.